The molecule has 0 aliphatic carbocycles. The molecular weight excluding hydrogens is 208 g/mol. The maximum Gasteiger partial charge on any atom is 0.373 e. The predicted molar refractivity (Wildman–Crippen MR) is 55.9 cm³/mol. The molecule has 0 fully saturated rings. The van der Waals surface area contributed by atoms with Gasteiger partial charge in [0.15, 0.2) is 0 Å². The Bertz CT molecular complexity index is 504. The SMILES string of the molecule is CCn1nccc1-c1cnc(C(=O)O)nc1. The van der Waals surface area contributed by atoms with E-state index in [0.29, 0.717) is 0 Å². The molecule has 0 amide bonds. The van der Waals surface area contributed by atoms with Crippen LogP contribution in [0.15, 0.2) is 24.7 Å². The van der Waals surface area contributed by atoms with Crippen LogP contribution in [-0.2, 0) is 6.54 Å². The van der Waals surface area contributed by atoms with Crippen LogP contribution in [0.2, 0.25) is 0 Å². The van der Waals surface area contributed by atoms with Crippen LogP contribution in [0.4, 0.5) is 0 Å². The molecule has 6 nitrogen and oxygen atoms in total. The predicted octanol–water partition coefficient (Wildman–Crippen LogP) is 1.06. The van der Waals surface area contributed by atoms with Crippen LogP contribution >= 0.6 is 0 Å². The van der Waals surface area contributed by atoms with Crippen LogP contribution in [-0.4, -0.2) is 30.8 Å². The first-order valence-electron chi connectivity index (χ1n) is 4.80. The number of hydrogen-bond acceptors (Lipinski definition) is 4. The van der Waals surface area contributed by atoms with Crippen LogP contribution in [0.25, 0.3) is 11.3 Å². The van der Waals surface area contributed by atoms with Gasteiger partial charge in [0.05, 0.1) is 5.69 Å². The van der Waals surface area contributed by atoms with Crippen LogP contribution in [0, 0.1) is 0 Å². The van der Waals surface area contributed by atoms with Gasteiger partial charge in [-0.2, -0.15) is 5.10 Å². The molecule has 0 aromatic carbocycles. The van der Waals surface area contributed by atoms with Crippen LogP contribution < -0.4 is 0 Å². The first-order chi connectivity index (χ1) is 7.72. The summed E-state index contributed by atoms with van der Waals surface area (Å²) in [5.74, 6) is -1.33. The van der Waals surface area contributed by atoms with Crippen molar-refractivity contribution in [3.8, 4) is 11.3 Å². The molecule has 6 heteroatoms. The summed E-state index contributed by atoms with van der Waals surface area (Å²) in [7, 11) is 0. The number of carboxylic acids is 1. The molecule has 0 aliphatic rings. The number of nitrogens with zero attached hydrogens (tertiary/aromatic N) is 4. The van der Waals surface area contributed by atoms with Gasteiger partial charge in [-0.05, 0) is 13.0 Å². The maximum absolute atomic E-state index is 10.6. The second-order valence-corrected chi connectivity index (χ2v) is 3.13. The minimum Gasteiger partial charge on any atom is -0.475 e. The zero-order valence-corrected chi connectivity index (χ0v) is 8.66. The molecule has 16 heavy (non-hydrogen) atoms. The average Bonchev–Trinajstić information content (AvgIpc) is 2.77. The summed E-state index contributed by atoms with van der Waals surface area (Å²) in [6.07, 6.45) is 4.66. The Morgan fingerprint density at radius 1 is 1.44 bits per heavy atom. The molecule has 1 N–H and O–H groups in total. The lowest BCUT2D eigenvalue weighted by molar-refractivity contribution is 0.0683. The minimum atomic E-state index is -1.13. The van der Waals surface area contributed by atoms with Crippen molar-refractivity contribution in [3.63, 3.8) is 0 Å². The molecule has 2 heterocycles. The highest BCUT2D eigenvalue weighted by atomic mass is 16.4. The molecule has 0 atom stereocenters. The van der Waals surface area contributed by atoms with Crippen molar-refractivity contribution in [1.82, 2.24) is 19.7 Å². The molecule has 0 unspecified atom stereocenters. The van der Waals surface area contributed by atoms with Crippen molar-refractivity contribution in [2.24, 2.45) is 0 Å². The van der Waals surface area contributed by atoms with Gasteiger partial charge >= 0.3 is 5.97 Å². The summed E-state index contributed by atoms with van der Waals surface area (Å²) in [5.41, 5.74) is 1.63. The van der Waals surface area contributed by atoms with Crippen molar-refractivity contribution in [1.29, 1.82) is 0 Å². The van der Waals surface area contributed by atoms with Gasteiger partial charge in [-0.3, -0.25) is 4.68 Å². The van der Waals surface area contributed by atoms with Gasteiger partial charge in [0, 0.05) is 30.7 Å². The van der Waals surface area contributed by atoms with Crippen molar-refractivity contribution in [2.45, 2.75) is 13.5 Å². The second kappa shape index (κ2) is 4.09. The van der Waals surface area contributed by atoms with E-state index in [1.165, 1.54) is 12.4 Å². The summed E-state index contributed by atoms with van der Waals surface area (Å²) in [4.78, 5) is 18.1. The highest BCUT2D eigenvalue weighted by molar-refractivity contribution is 5.83. The van der Waals surface area contributed by atoms with E-state index in [0.717, 1.165) is 17.8 Å². The summed E-state index contributed by atoms with van der Waals surface area (Å²) < 4.78 is 1.79. The smallest absolute Gasteiger partial charge is 0.373 e. The molecule has 0 aliphatic heterocycles. The van der Waals surface area contributed by atoms with Crippen LogP contribution in [0.1, 0.15) is 17.5 Å². The molecule has 2 aromatic heterocycles. The van der Waals surface area contributed by atoms with E-state index >= 15 is 0 Å². The van der Waals surface area contributed by atoms with E-state index < -0.39 is 5.97 Å². The zero-order valence-electron chi connectivity index (χ0n) is 8.66. The molecule has 0 radical (unpaired) electrons. The third-order valence-electron chi connectivity index (χ3n) is 2.15. The Morgan fingerprint density at radius 3 is 2.69 bits per heavy atom. The van der Waals surface area contributed by atoms with Crippen molar-refractivity contribution in [2.75, 3.05) is 0 Å². The maximum atomic E-state index is 10.6. The summed E-state index contributed by atoms with van der Waals surface area (Å²) in [6, 6.07) is 1.84. The fourth-order valence-corrected chi connectivity index (χ4v) is 1.40. The third-order valence-corrected chi connectivity index (χ3v) is 2.15. The number of carboxylic acid groups (broad SMARTS) is 1. The Hall–Kier alpha value is -2.24. The zero-order chi connectivity index (χ0) is 11.5. The number of carbonyl (C=O) groups is 1. The van der Waals surface area contributed by atoms with Gasteiger partial charge in [0.25, 0.3) is 0 Å². The number of aromatic carboxylic acids is 1. The quantitative estimate of drug-likeness (QED) is 0.833. The van der Waals surface area contributed by atoms with Gasteiger partial charge in [-0.25, -0.2) is 14.8 Å². The van der Waals surface area contributed by atoms with Crippen LogP contribution in [0.3, 0.4) is 0 Å². The lowest BCUT2D eigenvalue weighted by atomic mass is 10.2. The van der Waals surface area contributed by atoms with Gasteiger partial charge < -0.3 is 5.11 Å². The number of rotatable bonds is 3. The van der Waals surface area contributed by atoms with Crippen molar-refractivity contribution in [3.05, 3.63) is 30.5 Å². The van der Waals surface area contributed by atoms with E-state index in [4.69, 9.17) is 5.11 Å². The molecule has 82 valence electrons. The summed E-state index contributed by atoms with van der Waals surface area (Å²) in [6.45, 7) is 2.71. The van der Waals surface area contributed by atoms with Crippen molar-refractivity contribution >= 4 is 5.97 Å². The normalized spacial score (nSPS) is 10.3. The minimum absolute atomic E-state index is 0.202. The molecule has 0 saturated heterocycles. The fraction of sp³-hybridized carbons (Fsp3) is 0.200. The Balaban J connectivity index is 2.38. The fourth-order valence-electron chi connectivity index (χ4n) is 1.40. The first kappa shape index (κ1) is 10.3. The Kier molecular flexibility index (Phi) is 2.63. The number of hydrogen-bond donors (Lipinski definition) is 1. The topological polar surface area (TPSA) is 80.9 Å². The lowest BCUT2D eigenvalue weighted by Crippen LogP contribution is -2.04. The molecular formula is C10H10N4O2. The van der Waals surface area contributed by atoms with Gasteiger partial charge in [0.1, 0.15) is 0 Å². The van der Waals surface area contributed by atoms with Crippen LogP contribution in [0.5, 0.6) is 0 Å². The highest BCUT2D eigenvalue weighted by Gasteiger charge is 2.08. The summed E-state index contributed by atoms with van der Waals surface area (Å²) >= 11 is 0. The molecule has 0 bridgehead atoms. The largest absolute Gasteiger partial charge is 0.475 e. The molecule has 0 saturated carbocycles. The van der Waals surface area contributed by atoms with E-state index in [1.54, 1.807) is 10.9 Å². The molecule has 2 aromatic rings. The second-order valence-electron chi connectivity index (χ2n) is 3.13. The van der Waals surface area contributed by atoms with Gasteiger partial charge in [-0.15, -0.1) is 0 Å². The lowest BCUT2D eigenvalue weighted by Gasteiger charge is -2.03. The van der Waals surface area contributed by atoms with E-state index in [-0.39, 0.29) is 5.82 Å². The molecule has 2 rings (SSSR count). The monoisotopic (exact) mass is 218 g/mol. The van der Waals surface area contributed by atoms with Gasteiger partial charge in [-0.1, -0.05) is 0 Å². The average molecular weight is 218 g/mol. The van der Waals surface area contributed by atoms with E-state index in [1.807, 2.05) is 13.0 Å². The highest BCUT2D eigenvalue weighted by Crippen LogP contribution is 2.16. The van der Waals surface area contributed by atoms with Gasteiger partial charge in [0.2, 0.25) is 5.82 Å². The van der Waals surface area contributed by atoms with E-state index in [2.05, 4.69) is 15.1 Å². The molecule has 0 spiro atoms. The number of aromatic nitrogens is 4. The Labute approximate surface area is 91.6 Å². The van der Waals surface area contributed by atoms with E-state index in [9.17, 15) is 4.79 Å². The standard InChI is InChI=1S/C10H10N4O2/c1-2-14-8(3-4-13-14)7-5-11-9(10(15)16)12-6-7/h3-6H,2H2,1H3,(H,15,16). The third kappa shape index (κ3) is 1.77. The first-order valence-corrected chi connectivity index (χ1v) is 4.80. The van der Waals surface area contributed by atoms with Crippen molar-refractivity contribution < 1.29 is 9.90 Å². The number of aryl methyl sites for hydroxylation is 1. The Morgan fingerprint density at radius 2 is 2.12 bits per heavy atom. The summed E-state index contributed by atoms with van der Waals surface area (Å²) in [5, 5.41) is 12.8.